The Balaban J connectivity index is 1.87. The van der Waals surface area contributed by atoms with Crippen LogP contribution in [-0.4, -0.2) is 26.8 Å². The van der Waals surface area contributed by atoms with Crippen LogP contribution < -0.4 is 10.6 Å². The predicted molar refractivity (Wildman–Crippen MR) is 88.0 cm³/mol. The van der Waals surface area contributed by atoms with E-state index < -0.39 is 0 Å². The second kappa shape index (κ2) is 7.40. The molecule has 6 nitrogen and oxygen atoms in total. The number of amides is 2. The predicted octanol–water partition coefficient (Wildman–Crippen LogP) is 2.80. The molecule has 22 heavy (non-hydrogen) atoms. The number of aryl methyl sites for hydroxylation is 2. The number of hydrogen-bond acceptors (Lipinski definition) is 4. The van der Waals surface area contributed by atoms with Crippen LogP contribution in [0.25, 0.3) is 0 Å². The Hall–Kier alpha value is -1.89. The summed E-state index contributed by atoms with van der Waals surface area (Å²) in [4.78, 5) is 16.4. The van der Waals surface area contributed by atoms with Crippen LogP contribution in [0.1, 0.15) is 42.7 Å². The first kappa shape index (κ1) is 16.5. The van der Waals surface area contributed by atoms with Crippen LogP contribution in [0.4, 0.5) is 4.79 Å². The third-order valence-electron chi connectivity index (χ3n) is 3.39. The van der Waals surface area contributed by atoms with E-state index in [1.54, 1.807) is 17.5 Å². The van der Waals surface area contributed by atoms with Crippen molar-refractivity contribution < 1.29 is 4.79 Å². The first-order valence-corrected chi connectivity index (χ1v) is 8.35. The molecular formula is C15H23N5OS. The highest BCUT2D eigenvalue weighted by Gasteiger charge is 2.16. The lowest BCUT2D eigenvalue weighted by Gasteiger charge is -2.19. The van der Waals surface area contributed by atoms with Gasteiger partial charge in [-0.1, -0.05) is 6.92 Å². The van der Waals surface area contributed by atoms with Crippen molar-refractivity contribution in [2.24, 2.45) is 0 Å². The molecule has 7 heteroatoms. The number of carbonyl (C=O) groups excluding carboxylic acids is 1. The van der Waals surface area contributed by atoms with Gasteiger partial charge >= 0.3 is 6.03 Å². The van der Waals surface area contributed by atoms with Crippen LogP contribution in [0.5, 0.6) is 0 Å². The van der Waals surface area contributed by atoms with E-state index in [2.05, 4.69) is 20.7 Å². The molecule has 2 aromatic heterocycles. The summed E-state index contributed by atoms with van der Waals surface area (Å²) in [5.74, 6) is 0. The molecule has 0 unspecified atom stereocenters. The molecule has 0 aliphatic rings. The number of hydrogen-bond donors (Lipinski definition) is 2. The Bertz CT molecular complexity index is 607. The molecule has 2 rings (SSSR count). The number of nitrogens with one attached hydrogen (secondary N) is 2. The molecule has 0 saturated carbocycles. The molecule has 120 valence electrons. The van der Waals surface area contributed by atoms with Crippen molar-refractivity contribution in [1.29, 1.82) is 0 Å². The number of urea groups is 1. The normalized spacial score (nSPS) is 13.6. The fourth-order valence-electron chi connectivity index (χ4n) is 2.33. The van der Waals surface area contributed by atoms with Crippen molar-refractivity contribution in [2.75, 3.05) is 0 Å². The smallest absolute Gasteiger partial charge is 0.315 e. The molecule has 0 saturated heterocycles. The van der Waals surface area contributed by atoms with Gasteiger partial charge in [0, 0.05) is 23.3 Å². The van der Waals surface area contributed by atoms with E-state index >= 15 is 0 Å². The molecular weight excluding hydrogens is 298 g/mol. The van der Waals surface area contributed by atoms with E-state index in [9.17, 15) is 4.79 Å². The van der Waals surface area contributed by atoms with E-state index in [1.165, 1.54) is 0 Å². The molecule has 0 bridgehead atoms. The van der Waals surface area contributed by atoms with Crippen molar-refractivity contribution in [2.45, 2.75) is 52.7 Å². The Kier molecular flexibility index (Phi) is 5.54. The van der Waals surface area contributed by atoms with Gasteiger partial charge in [-0.25, -0.2) is 9.78 Å². The number of thiazole rings is 1. The maximum absolute atomic E-state index is 12.1. The summed E-state index contributed by atoms with van der Waals surface area (Å²) in [6.45, 7) is 8.64. The topological polar surface area (TPSA) is 71.8 Å². The highest BCUT2D eigenvalue weighted by atomic mass is 32.1. The van der Waals surface area contributed by atoms with Crippen LogP contribution in [0, 0.1) is 13.8 Å². The fraction of sp³-hybridized carbons (Fsp3) is 0.533. The maximum Gasteiger partial charge on any atom is 0.315 e. The lowest BCUT2D eigenvalue weighted by Crippen LogP contribution is -2.44. The van der Waals surface area contributed by atoms with Crippen molar-refractivity contribution in [1.82, 2.24) is 25.4 Å². The summed E-state index contributed by atoms with van der Waals surface area (Å²) in [5, 5.41) is 13.2. The van der Waals surface area contributed by atoms with Gasteiger partial charge in [0.05, 0.1) is 18.3 Å². The Morgan fingerprint density at radius 1 is 1.41 bits per heavy atom. The molecule has 0 spiro atoms. The molecule has 0 radical (unpaired) electrons. The van der Waals surface area contributed by atoms with Gasteiger partial charge in [0.1, 0.15) is 5.01 Å². The average molecular weight is 321 g/mol. The third-order valence-corrected chi connectivity index (χ3v) is 4.28. The van der Waals surface area contributed by atoms with Gasteiger partial charge in [0.25, 0.3) is 0 Å². The first-order valence-electron chi connectivity index (χ1n) is 7.47. The van der Waals surface area contributed by atoms with Gasteiger partial charge in [-0.3, -0.25) is 4.68 Å². The monoisotopic (exact) mass is 321 g/mol. The Labute approximate surface area is 135 Å². The lowest BCUT2D eigenvalue weighted by molar-refractivity contribution is 0.232. The number of carbonyl (C=O) groups is 1. The van der Waals surface area contributed by atoms with Gasteiger partial charge in [-0.15, -0.1) is 11.3 Å². The quantitative estimate of drug-likeness (QED) is 0.859. The Morgan fingerprint density at radius 2 is 2.18 bits per heavy atom. The first-order chi connectivity index (χ1) is 10.5. The average Bonchev–Trinajstić information content (AvgIpc) is 3.06. The summed E-state index contributed by atoms with van der Waals surface area (Å²) in [6, 6.07) is 1.81. The Morgan fingerprint density at radius 3 is 2.73 bits per heavy atom. The highest BCUT2D eigenvalue weighted by Crippen LogP contribution is 2.18. The zero-order valence-corrected chi connectivity index (χ0v) is 14.3. The standard InChI is InChI=1S/C15H23N5OS/c1-5-13(14-16-6-7-22-14)18-15(21)17-11(3)9-20-12(4)8-10(2)19-20/h6-8,11,13H,5,9H2,1-4H3,(H2,17,18,21)/t11-,13-/m0/s1. The van der Waals surface area contributed by atoms with Crippen LogP contribution >= 0.6 is 11.3 Å². The van der Waals surface area contributed by atoms with Gasteiger partial charge in [-0.05, 0) is 33.3 Å². The SMILES string of the molecule is CC[C@H](NC(=O)N[C@@H](C)Cn1nc(C)cc1C)c1nccs1. The largest absolute Gasteiger partial charge is 0.334 e. The summed E-state index contributed by atoms with van der Waals surface area (Å²) >= 11 is 1.56. The van der Waals surface area contributed by atoms with Gasteiger partial charge in [0.2, 0.25) is 0 Å². The van der Waals surface area contributed by atoms with E-state index in [4.69, 9.17) is 0 Å². The molecule has 0 fully saturated rings. The highest BCUT2D eigenvalue weighted by molar-refractivity contribution is 7.09. The van der Waals surface area contributed by atoms with E-state index in [-0.39, 0.29) is 18.1 Å². The molecule has 0 aliphatic heterocycles. The third kappa shape index (κ3) is 4.30. The number of nitrogens with zero attached hydrogens (tertiary/aromatic N) is 3. The molecule has 0 aromatic carbocycles. The minimum atomic E-state index is -0.170. The molecule has 2 heterocycles. The van der Waals surface area contributed by atoms with Crippen molar-refractivity contribution in [3.8, 4) is 0 Å². The molecule has 2 aromatic rings. The maximum atomic E-state index is 12.1. The van der Waals surface area contributed by atoms with Crippen molar-refractivity contribution in [3.63, 3.8) is 0 Å². The van der Waals surface area contributed by atoms with E-state index in [0.717, 1.165) is 22.8 Å². The molecule has 2 N–H and O–H groups in total. The van der Waals surface area contributed by atoms with E-state index in [1.807, 2.05) is 43.8 Å². The number of rotatable bonds is 6. The molecule has 2 atom stereocenters. The van der Waals surface area contributed by atoms with E-state index in [0.29, 0.717) is 6.54 Å². The summed E-state index contributed by atoms with van der Waals surface area (Å²) in [5.41, 5.74) is 2.09. The summed E-state index contributed by atoms with van der Waals surface area (Å²) in [6.07, 6.45) is 2.57. The lowest BCUT2D eigenvalue weighted by atomic mass is 10.2. The summed E-state index contributed by atoms with van der Waals surface area (Å²) in [7, 11) is 0. The van der Waals surface area contributed by atoms with Gasteiger partial charge in [-0.2, -0.15) is 5.10 Å². The fourth-order valence-corrected chi connectivity index (χ4v) is 3.11. The number of aromatic nitrogens is 3. The van der Waals surface area contributed by atoms with Crippen LogP contribution in [-0.2, 0) is 6.54 Å². The van der Waals surface area contributed by atoms with Crippen LogP contribution in [0.3, 0.4) is 0 Å². The van der Waals surface area contributed by atoms with Gasteiger partial charge in [0.15, 0.2) is 0 Å². The molecule has 2 amide bonds. The zero-order valence-electron chi connectivity index (χ0n) is 13.5. The van der Waals surface area contributed by atoms with Crippen molar-refractivity contribution >= 4 is 17.4 Å². The molecule has 0 aliphatic carbocycles. The minimum absolute atomic E-state index is 0.00759. The van der Waals surface area contributed by atoms with Crippen molar-refractivity contribution in [3.05, 3.63) is 34.0 Å². The van der Waals surface area contributed by atoms with Gasteiger partial charge < -0.3 is 10.6 Å². The van der Waals surface area contributed by atoms with Crippen LogP contribution in [0.2, 0.25) is 0 Å². The van der Waals surface area contributed by atoms with Crippen LogP contribution in [0.15, 0.2) is 17.6 Å². The second-order valence-corrected chi connectivity index (χ2v) is 6.39. The second-order valence-electron chi connectivity index (χ2n) is 5.46. The minimum Gasteiger partial charge on any atom is -0.334 e. The summed E-state index contributed by atoms with van der Waals surface area (Å²) < 4.78 is 1.92. The zero-order chi connectivity index (χ0) is 16.1.